The number of carbonyl (C=O) groups is 3. The summed E-state index contributed by atoms with van der Waals surface area (Å²) in [5.41, 5.74) is 0. The summed E-state index contributed by atoms with van der Waals surface area (Å²) in [6.07, 6.45) is 46.2. The molecule has 0 radical (unpaired) electrons. The molecule has 0 fully saturated rings. The van der Waals surface area contributed by atoms with Gasteiger partial charge in [0.2, 0.25) is 0 Å². The van der Waals surface area contributed by atoms with Crippen LogP contribution in [0.1, 0.15) is 239 Å². The molecule has 0 aromatic carbocycles. The highest BCUT2D eigenvalue weighted by atomic mass is 16.6. The van der Waals surface area contributed by atoms with E-state index in [1.54, 1.807) is 0 Å². The van der Waals surface area contributed by atoms with E-state index in [9.17, 15) is 14.4 Å². The average molecular weight is 747 g/mol. The number of hydrogen-bond donors (Lipinski definition) is 0. The second kappa shape index (κ2) is 42.6. The second-order valence-corrected chi connectivity index (χ2v) is 15.3. The van der Waals surface area contributed by atoms with Gasteiger partial charge in [0.25, 0.3) is 0 Å². The van der Waals surface area contributed by atoms with E-state index in [1.807, 2.05) is 0 Å². The molecule has 1 atom stereocenters. The van der Waals surface area contributed by atoms with E-state index in [2.05, 4.69) is 45.1 Å². The van der Waals surface area contributed by atoms with E-state index < -0.39 is 6.10 Å². The van der Waals surface area contributed by atoms with Crippen LogP contribution < -0.4 is 0 Å². The van der Waals surface area contributed by atoms with Crippen LogP contribution in [-0.4, -0.2) is 37.2 Å². The number of unbranched alkanes of at least 4 members (excludes halogenated alkanes) is 26. The number of allylic oxidation sites excluding steroid dienone is 4. The Morgan fingerprint density at radius 2 is 0.679 bits per heavy atom. The van der Waals surface area contributed by atoms with Crippen LogP contribution in [0.2, 0.25) is 0 Å². The molecule has 53 heavy (non-hydrogen) atoms. The average Bonchev–Trinajstić information content (AvgIpc) is 3.15. The SMILES string of the molecule is CCCCCC/C=C\C/C=C\CCCCCCCCCC(=O)OCC(COC(=O)CCCCCCC)OC(=O)CCCCCCCCCCCCCC. The number of ether oxygens (including phenoxy) is 3. The van der Waals surface area contributed by atoms with Gasteiger partial charge in [-0.25, -0.2) is 0 Å². The summed E-state index contributed by atoms with van der Waals surface area (Å²) < 4.78 is 16.6. The topological polar surface area (TPSA) is 78.9 Å². The van der Waals surface area contributed by atoms with E-state index in [0.717, 1.165) is 77.0 Å². The van der Waals surface area contributed by atoms with Crippen molar-refractivity contribution in [3.05, 3.63) is 24.3 Å². The van der Waals surface area contributed by atoms with Gasteiger partial charge < -0.3 is 14.2 Å². The Labute approximate surface area is 328 Å². The minimum Gasteiger partial charge on any atom is -0.462 e. The van der Waals surface area contributed by atoms with Crippen molar-refractivity contribution in [2.24, 2.45) is 0 Å². The molecule has 0 aliphatic heterocycles. The van der Waals surface area contributed by atoms with Crippen LogP contribution in [0.4, 0.5) is 0 Å². The van der Waals surface area contributed by atoms with E-state index in [4.69, 9.17) is 14.2 Å². The van der Waals surface area contributed by atoms with Gasteiger partial charge in [0.15, 0.2) is 6.10 Å². The van der Waals surface area contributed by atoms with Crippen LogP contribution in [0.15, 0.2) is 24.3 Å². The van der Waals surface area contributed by atoms with Gasteiger partial charge in [-0.1, -0.05) is 193 Å². The minimum absolute atomic E-state index is 0.0721. The van der Waals surface area contributed by atoms with Gasteiger partial charge in [-0.05, 0) is 51.4 Å². The predicted octanol–water partition coefficient (Wildman–Crippen LogP) is 14.4. The standard InChI is InChI=1S/C47H86O6/c1-4-7-10-13-15-17-19-21-22-23-24-25-26-28-29-31-34-37-40-46(49)52-43-44(42-51-45(48)39-36-33-12-9-6-3)53-47(50)41-38-35-32-30-27-20-18-16-14-11-8-5-2/h17,19,22-23,44H,4-16,18,20-21,24-43H2,1-3H3/b19-17-,23-22-. The summed E-state index contributed by atoms with van der Waals surface area (Å²) in [4.78, 5) is 37.4. The van der Waals surface area contributed by atoms with Gasteiger partial charge >= 0.3 is 17.9 Å². The fourth-order valence-electron chi connectivity index (χ4n) is 6.47. The van der Waals surface area contributed by atoms with Crippen molar-refractivity contribution in [1.82, 2.24) is 0 Å². The first-order valence-electron chi connectivity index (χ1n) is 22.8. The lowest BCUT2D eigenvalue weighted by atomic mass is 10.0. The molecule has 0 aliphatic carbocycles. The van der Waals surface area contributed by atoms with Crippen molar-refractivity contribution in [3.8, 4) is 0 Å². The van der Waals surface area contributed by atoms with Crippen molar-refractivity contribution >= 4 is 17.9 Å². The van der Waals surface area contributed by atoms with Gasteiger partial charge in [-0.3, -0.25) is 14.4 Å². The molecule has 0 aromatic rings. The third-order valence-corrected chi connectivity index (χ3v) is 9.96. The zero-order valence-electron chi connectivity index (χ0n) is 35.3. The van der Waals surface area contributed by atoms with Crippen molar-refractivity contribution < 1.29 is 28.6 Å². The Morgan fingerprint density at radius 3 is 1.06 bits per heavy atom. The largest absolute Gasteiger partial charge is 0.462 e. The lowest BCUT2D eigenvalue weighted by Crippen LogP contribution is -2.30. The fraction of sp³-hybridized carbons (Fsp3) is 0.851. The Hall–Kier alpha value is -2.11. The zero-order chi connectivity index (χ0) is 38.7. The van der Waals surface area contributed by atoms with Crippen LogP contribution in [-0.2, 0) is 28.6 Å². The number of carbonyl (C=O) groups excluding carboxylic acids is 3. The summed E-state index contributed by atoms with van der Waals surface area (Å²) in [7, 11) is 0. The van der Waals surface area contributed by atoms with E-state index in [1.165, 1.54) is 122 Å². The highest BCUT2D eigenvalue weighted by molar-refractivity contribution is 5.71. The van der Waals surface area contributed by atoms with Gasteiger partial charge in [0, 0.05) is 19.3 Å². The molecule has 1 unspecified atom stereocenters. The zero-order valence-corrected chi connectivity index (χ0v) is 35.3. The molecule has 310 valence electrons. The van der Waals surface area contributed by atoms with Crippen molar-refractivity contribution in [2.75, 3.05) is 13.2 Å². The lowest BCUT2D eigenvalue weighted by molar-refractivity contribution is -0.167. The maximum atomic E-state index is 12.6. The first kappa shape index (κ1) is 50.9. The number of rotatable bonds is 41. The molecule has 0 aromatic heterocycles. The quantitative estimate of drug-likeness (QED) is 0.0268. The highest BCUT2D eigenvalue weighted by Crippen LogP contribution is 2.14. The molecule has 0 heterocycles. The van der Waals surface area contributed by atoms with Crippen molar-refractivity contribution in [3.63, 3.8) is 0 Å². The molecule has 6 heteroatoms. The van der Waals surface area contributed by atoms with Gasteiger partial charge in [0.1, 0.15) is 13.2 Å². The van der Waals surface area contributed by atoms with Crippen LogP contribution in [0.3, 0.4) is 0 Å². The Balaban J connectivity index is 4.19. The lowest BCUT2D eigenvalue weighted by Gasteiger charge is -2.18. The Kier molecular flexibility index (Phi) is 40.9. The third kappa shape index (κ3) is 40.9. The summed E-state index contributed by atoms with van der Waals surface area (Å²) in [5, 5.41) is 0. The van der Waals surface area contributed by atoms with Crippen LogP contribution in [0.25, 0.3) is 0 Å². The molecule has 0 bridgehead atoms. The molecule has 0 spiro atoms. The molecular weight excluding hydrogens is 661 g/mol. The maximum Gasteiger partial charge on any atom is 0.306 e. The van der Waals surface area contributed by atoms with E-state index in [-0.39, 0.29) is 31.1 Å². The molecule has 0 saturated carbocycles. The first-order valence-corrected chi connectivity index (χ1v) is 22.8. The van der Waals surface area contributed by atoms with Crippen LogP contribution >= 0.6 is 0 Å². The Bertz CT molecular complexity index is 865. The smallest absolute Gasteiger partial charge is 0.306 e. The molecular formula is C47H86O6. The number of hydrogen-bond acceptors (Lipinski definition) is 6. The van der Waals surface area contributed by atoms with E-state index in [0.29, 0.717) is 19.3 Å². The van der Waals surface area contributed by atoms with Gasteiger partial charge in [-0.15, -0.1) is 0 Å². The maximum absolute atomic E-state index is 12.6. The monoisotopic (exact) mass is 747 g/mol. The molecule has 6 nitrogen and oxygen atoms in total. The predicted molar refractivity (Wildman–Crippen MR) is 224 cm³/mol. The van der Waals surface area contributed by atoms with Crippen LogP contribution in [0, 0.1) is 0 Å². The molecule has 0 rings (SSSR count). The summed E-state index contributed by atoms with van der Waals surface area (Å²) in [5.74, 6) is -0.889. The summed E-state index contributed by atoms with van der Waals surface area (Å²) in [6.45, 7) is 6.53. The fourth-order valence-corrected chi connectivity index (χ4v) is 6.47. The minimum atomic E-state index is -0.764. The Morgan fingerprint density at radius 1 is 0.377 bits per heavy atom. The molecule has 0 saturated heterocycles. The summed E-state index contributed by atoms with van der Waals surface area (Å²) in [6, 6.07) is 0. The molecule has 0 aliphatic rings. The van der Waals surface area contributed by atoms with Crippen LogP contribution in [0.5, 0.6) is 0 Å². The highest BCUT2D eigenvalue weighted by Gasteiger charge is 2.19. The first-order chi connectivity index (χ1) is 26.0. The third-order valence-electron chi connectivity index (χ3n) is 9.96. The molecule has 0 N–H and O–H groups in total. The van der Waals surface area contributed by atoms with Crippen molar-refractivity contribution in [1.29, 1.82) is 0 Å². The second-order valence-electron chi connectivity index (χ2n) is 15.3. The van der Waals surface area contributed by atoms with E-state index >= 15 is 0 Å². The van der Waals surface area contributed by atoms with Gasteiger partial charge in [-0.2, -0.15) is 0 Å². The van der Waals surface area contributed by atoms with Crippen molar-refractivity contribution in [2.45, 2.75) is 245 Å². The normalized spacial score (nSPS) is 12.1. The number of esters is 3. The summed E-state index contributed by atoms with van der Waals surface area (Å²) >= 11 is 0. The molecule has 0 amide bonds. The van der Waals surface area contributed by atoms with Gasteiger partial charge in [0.05, 0.1) is 0 Å².